The molecule has 0 bridgehead atoms. The molecule has 0 atom stereocenters. The minimum absolute atomic E-state index is 0.136. The Bertz CT molecular complexity index is 1490. The van der Waals surface area contributed by atoms with Gasteiger partial charge in [0.05, 0.1) is 24.1 Å². The van der Waals surface area contributed by atoms with E-state index < -0.39 is 11.4 Å². The number of carbonyl (C=O) groups excluding carboxylic acids is 1. The van der Waals surface area contributed by atoms with Gasteiger partial charge in [-0.2, -0.15) is 0 Å². The van der Waals surface area contributed by atoms with Crippen molar-refractivity contribution in [2.45, 2.75) is 45.9 Å². The summed E-state index contributed by atoms with van der Waals surface area (Å²) in [6.07, 6.45) is 3.28. The van der Waals surface area contributed by atoms with Crippen LogP contribution in [0.2, 0.25) is 0 Å². The van der Waals surface area contributed by atoms with Gasteiger partial charge in [-0.1, -0.05) is 6.07 Å². The Balaban J connectivity index is 1.34. The third-order valence-electron chi connectivity index (χ3n) is 5.81. The Morgan fingerprint density at radius 2 is 2.00 bits per heavy atom. The molecular weight excluding hydrogens is 481 g/mol. The molecule has 0 radical (unpaired) electrons. The van der Waals surface area contributed by atoms with Gasteiger partial charge in [0.1, 0.15) is 23.8 Å². The molecule has 9 heteroatoms. The quantitative estimate of drug-likeness (QED) is 0.367. The molecule has 36 heavy (non-hydrogen) atoms. The lowest BCUT2D eigenvalue weighted by molar-refractivity contribution is 0.0226. The molecule has 4 heterocycles. The lowest BCUT2D eigenvalue weighted by atomic mass is 10.0. The highest BCUT2D eigenvalue weighted by molar-refractivity contribution is 7.19. The number of ether oxygens (including phenoxy) is 2. The normalized spacial score (nSPS) is 13.5. The fourth-order valence-electron chi connectivity index (χ4n) is 4.12. The van der Waals surface area contributed by atoms with Crippen LogP contribution < -0.4 is 10.3 Å². The second-order valence-electron chi connectivity index (χ2n) is 9.66. The van der Waals surface area contributed by atoms with Crippen molar-refractivity contribution in [3.8, 4) is 11.4 Å². The number of aromatic nitrogens is 2. The summed E-state index contributed by atoms with van der Waals surface area (Å²) >= 11 is 1.70. The molecule has 4 aromatic rings. The molecule has 5 rings (SSSR count). The van der Waals surface area contributed by atoms with Crippen molar-refractivity contribution in [3.05, 3.63) is 87.2 Å². The number of nitrogens with zero attached hydrogens (tertiary/aromatic N) is 3. The maximum atomic E-state index is 13.0. The topological polar surface area (TPSA) is 73.7 Å². The minimum Gasteiger partial charge on any atom is -0.487 e. The molecule has 0 saturated carbocycles. The summed E-state index contributed by atoms with van der Waals surface area (Å²) < 4.78 is 26.8. The van der Waals surface area contributed by atoms with Gasteiger partial charge < -0.3 is 14.4 Å². The Kier molecular flexibility index (Phi) is 6.26. The van der Waals surface area contributed by atoms with Gasteiger partial charge in [-0.05, 0) is 68.5 Å². The van der Waals surface area contributed by atoms with E-state index in [1.165, 1.54) is 17.0 Å². The van der Waals surface area contributed by atoms with Crippen LogP contribution in [0.15, 0.2) is 59.7 Å². The van der Waals surface area contributed by atoms with Gasteiger partial charge in [0, 0.05) is 28.4 Å². The van der Waals surface area contributed by atoms with Crippen molar-refractivity contribution in [1.29, 1.82) is 0 Å². The van der Waals surface area contributed by atoms with E-state index in [2.05, 4.69) is 4.98 Å². The van der Waals surface area contributed by atoms with Crippen LogP contribution in [0.1, 0.15) is 36.9 Å². The second kappa shape index (κ2) is 9.39. The number of pyridine rings is 2. The number of hydrogen-bond donors (Lipinski definition) is 0. The summed E-state index contributed by atoms with van der Waals surface area (Å²) in [5.41, 5.74) is 1.70. The van der Waals surface area contributed by atoms with Gasteiger partial charge in [-0.25, -0.2) is 9.18 Å². The number of thiophene rings is 1. The summed E-state index contributed by atoms with van der Waals surface area (Å²) in [4.78, 5) is 32.4. The molecule has 0 aliphatic carbocycles. The predicted octanol–water partition coefficient (Wildman–Crippen LogP) is 5.46. The highest BCUT2D eigenvalue weighted by Crippen LogP contribution is 2.36. The first-order chi connectivity index (χ1) is 17.2. The van der Waals surface area contributed by atoms with E-state index in [1.807, 2.05) is 39.0 Å². The molecule has 3 aromatic heterocycles. The largest absolute Gasteiger partial charge is 0.487 e. The number of benzene rings is 1. The molecular formula is C27H26FN3O4S. The Labute approximate surface area is 211 Å². The monoisotopic (exact) mass is 507 g/mol. The number of rotatable bonds is 4. The zero-order valence-electron chi connectivity index (χ0n) is 20.3. The van der Waals surface area contributed by atoms with Crippen LogP contribution in [0.5, 0.6) is 5.75 Å². The number of halogens is 1. The van der Waals surface area contributed by atoms with E-state index >= 15 is 0 Å². The first-order valence-corrected chi connectivity index (χ1v) is 12.5. The molecule has 186 valence electrons. The van der Waals surface area contributed by atoms with E-state index in [9.17, 15) is 14.0 Å². The fraction of sp³-hybridized carbons (Fsp3) is 0.296. The smallest absolute Gasteiger partial charge is 0.410 e. The van der Waals surface area contributed by atoms with Gasteiger partial charge in [0.2, 0.25) is 0 Å². The van der Waals surface area contributed by atoms with E-state index in [-0.39, 0.29) is 18.3 Å². The summed E-state index contributed by atoms with van der Waals surface area (Å²) in [5.74, 6) is 0.00236. The van der Waals surface area contributed by atoms with Gasteiger partial charge in [0.25, 0.3) is 5.56 Å². The molecule has 0 saturated heterocycles. The first-order valence-electron chi connectivity index (χ1n) is 11.6. The van der Waals surface area contributed by atoms with E-state index in [0.29, 0.717) is 24.5 Å². The van der Waals surface area contributed by atoms with Crippen LogP contribution in [0.4, 0.5) is 9.18 Å². The van der Waals surface area contributed by atoms with Crippen LogP contribution in [0, 0.1) is 5.82 Å². The molecule has 0 unspecified atom stereocenters. The fourth-order valence-corrected chi connectivity index (χ4v) is 5.35. The standard InChI is InChI=1S/C27H26FN3O4S/c1-27(2,3)35-26(33)30-10-9-23-22(15-30)21-7-6-19(12-24(21)36-23)31-11-8-20(13-25(31)32)34-16-18-5-4-17(28)14-29-18/h4-8,11-14H,9-10,15-16H2,1-3H3. The lowest BCUT2D eigenvalue weighted by Crippen LogP contribution is -2.39. The molecule has 7 nitrogen and oxygen atoms in total. The Morgan fingerprint density at radius 1 is 1.17 bits per heavy atom. The maximum absolute atomic E-state index is 13.0. The zero-order chi connectivity index (χ0) is 25.4. The number of hydrogen-bond acceptors (Lipinski definition) is 6. The van der Waals surface area contributed by atoms with Crippen LogP contribution >= 0.6 is 11.3 Å². The van der Waals surface area contributed by atoms with Crippen molar-refractivity contribution in [3.63, 3.8) is 0 Å². The van der Waals surface area contributed by atoms with Crippen molar-refractivity contribution in [2.75, 3.05) is 6.54 Å². The third kappa shape index (κ3) is 5.11. The average Bonchev–Trinajstić information content (AvgIpc) is 3.19. The molecule has 1 amide bonds. The van der Waals surface area contributed by atoms with Crippen LogP contribution in [-0.2, 0) is 24.3 Å². The van der Waals surface area contributed by atoms with Gasteiger partial charge >= 0.3 is 6.09 Å². The zero-order valence-corrected chi connectivity index (χ0v) is 21.1. The minimum atomic E-state index is -0.533. The van der Waals surface area contributed by atoms with Crippen molar-refractivity contribution >= 4 is 27.5 Å². The summed E-state index contributed by atoms with van der Waals surface area (Å²) in [5, 5.41) is 1.09. The Hall–Kier alpha value is -3.72. The first kappa shape index (κ1) is 24.0. The van der Waals surface area contributed by atoms with E-state index in [4.69, 9.17) is 9.47 Å². The Morgan fingerprint density at radius 3 is 2.72 bits per heavy atom. The molecule has 0 N–H and O–H groups in total. The third-order valence-corrected chi connectivity index (χ3v) is 7.07. The predicted molar refractivity (Wildman–Crippen MR) is 136 cm³/mol. The molecule has 1 aliphatic heterocycles. The van der Waals surface area contributed by atoms with Crippen LogP contribution in [0.3, 0.4) is 0 Å². The summed E-state index contributed by atoms with van der Waals surface area (Å²) in [6.45, 7) is 6.87. The number of fused-ring (bicyclic) bond motifs is 3. The van der Waals surface area contributed by atoms with E-state index in [1.54, 1.807) is 39.1 Å². The number of amides is 1. The van der Waals surface area contributed by atoms with Crippen molar-refractivity contribution in [2.24, 2.45) is 0 Å². The van der Waals surface area contributed by atoms with E-state index in [0.717, 1.165) is 34.0 Å². The molecule has 0 fully saturated rings. The van der Waals surface area contributed by atoms with Crippen molar-refractivity contribution in [1.82, 2.24) is 14.5 Å². The average molecular weight is 508 g/mol. The molecule has 0 spiro atoms. The molecule has 1 aliphatic rings. The number of carbonyl (C=O) groups is 1. The second-order valence-corrected chi connectivity index (χ2v) is 10.8. The van der Waals surface area contributed by atoms with Crippen LogP contribution in [0.25, 0.3) is 15.8 Å². The summed E-state index contributed by atoms with van der Waals surface area (Å²) in [6, 6.07) is 11.9. The van der Waals surface area contributed by atoms with Gasteiger partial charge in [0.15, 0.2) is 0 Å². The molecule has 1 aromatic carbocycles. The van der Waals surface area contributed by atoms with Crippen molar-refractivity contribution < 1.29 is 18.7 Å². The van der Waals surface area contributed by atoms with Gasteiger partial charge in [-0.15, -0.1) is 11.3 Å². The highest BCUT2D eigenvalue weighted by Gasteiger charge is 2.28. The lowest BCUT2D eigenvalue weighted by Gasteiger charge is -2.30. The van der Waals surface area contributed by atoms with Gasteiger partial charge in [-0.3, -0.25) is 14.3 Å². The highest BCUT2D eigenvalue weighted by atomic mass is 32.1. The summed E-state index contributed by atoms with van der Waals surface area (Å²) in [7, 11) is 0. The SMILES string of the molecule is CC(C)(C)OC(=O)N1CCc2sc3cc(-n4ccc(OCc5ccc(F)cn5)cc4=O)ccc3c2C1. The maximum Gasteiger partial charge on any atom is 0.410 e. The van der Waals surface area contributed by atoms with Crippen LogP contribution in [-0.4, -0.2) is 32.7 Å².